The molecule has 0 unspecified atom stereocenters. The summed E-state index contributed by atoms with van der Waals surface area (Å²) >= 11 is 0. The lowest BCUT2D eigenvalue weighted by Crippen LogP contribution is -2.06. The van der Waals surface area contributed by atoms with Gasteiger partial charge in [-0.2, -0.15) is 0 Å². The molecule has 0 atom stereocenters. The van der Waals surface area contributed by atoms with E-state index in [1.807, 2.05) is 6.92 Å². The van der Waals surface area contributed by atoms with Gasteiger partial charge in [0.1, 0.15) is 5.82 Å². The fourth-order valence-corrected chi connectivity index (χ4v) is 0.906. The third-order valence-corrected chi connectivity index (χ3v) is 1.44. The van der Waals surface area contributed by atoms with Crippen molar-refractivity contribution in [2.24, 2.45) is 5.73 Å². The second-order valence-electron chi connectivity index (χ2n) is 2.42. The number of nitrogens with zero attached hydrogens (tertiary/aromatic N) is 1. The van der Waals surface area contributed by atoms with Crippen LogP contribution in [0.1, 0.15) is 11.4 Å². The van der Waals surface area contributed by atoms with Gasteiger partial charge >= 0.3 is 0 Å². The van der Waals surface area contributed by atoms with Crippen LogP contribution < -0.4 is 5.73 Å². The van der Waals surface area contributed by atoms with E-state index in [9.17, 15) is 4.39 Å². The van der Waals surface area contributed by atoms with Crippen molar-refractivity contribution in [1.82, 2.24) is 4.98 Å². The Balaban J connectivity index is 2.93. The van der Waals surface area contributed by atoms with Gasteiger partial charge in [-0.1, -0.05) is 0 Å². The van der Waals surface area contributed by atoms with E-state index in [2.05, 4.69) is 4.98 Å². The van der Waals surface area contributed by atoms with Crippen LogP contribution in [-0.4, -0.2) is 11.5 Å². The molecule has 0 spiro atoms. The molecule has 0 saturated carbocycles. The monoisotopic (exact) mass is 154 g/mol. The van der Waals surface area contributed by atoms with Gasteiger partial charge in [0, 0.05) is 12.1 Å². The number of aryl methyl sites for hydroxylation is 1. The second-order valence-corrected chi connectivity index (χ2v) is 2.42. The smallest absolute Gasteiger partial charge is 0.144 e. The zero-order valence-corrected chi connectivity index (χ0v) is 6.47. The molecule has 0 aliphatic carbocycles. The van der Waals surface area contributed by atoms with E-state index >= 15 is 0 Å². The summed E-state index contributed by atoms with van der Waals surface area (Å²) in [7, 11) is 0. The van der Waals surface area contributed by atoms with Gasteiger partial charge in [0.25, 0.3) is 0 Å². The lowest BCUT2D eigenvalue weighted by molar-refractivity contribution is 0.597. The highest BCUT2D eigenvalue weighted by Gasteiger charge is 2.01. The summed E-state index contributed by atoms with van der Waals surface area (Å²) in [6.07, 6.45) is 0.507. The number of aromatic nitrogens is 1. The Bertz CT molecular complexity index is 248. The lowest BCUT2D eigenvalue weighted by atomic mass is 10.2. The molecule has 0 aromatic carbocycles. The van der Waals surface area contributed by atoms with E-state index in [0.29, 0.717) is 18.7 Å². The zero-order chi connectivity index (χ0) is 8.27. The average molecular weight is 154 g/mol. The van der Waals surface area contributed by atoms with Gasteiger partial charge < -0.3 is 5.73 Å². The Morgan fingerprint density at radius 3 is 2.91 bits per heavy atom. The fraction of sp³-hybridized carbons (Fsp3) is 0.375. The molecule has 0 fully saturated rings. The molecule has 1 aromatic heterocycles. The fourth-order valence-electron chi connectivity index (χ4n) is 0.906. The minimum atomic E-state index is -0.263. The summed E-state index contributed by atoms with van der Waals surface area (Å²) in [5, 5.41) is 0. The molecule has 0 amide bonds. The van der Waals surface area contributed by atoms with Crippen molar-refractivity contribution in [2.45, 2.75) is 13.3 Å². The van der Waals surface area contributed by atoms with E-state index in [-0.39, 0.29) is 5.82 Å². The maximum atomic E-state index is 12.8. The van der Waals surface area contributed by atoms with Crippen LogP contribution in [0.4, 0.5) is 4.39 Å². The molecule has 2 N–H and O–H groups in total. The molecule has 0 bridgehead atoms. The van der Waals surface area contributed by atoms with E-state index < -0.39 is 0 Å². The molecule has 0 aliphatic rings. The molecular weight excluding hydrogens is 143 g/mol. The third-order valence-electron chi connectivity index (χ3n) is 1.44. The Labute approximate surface area is 65.3 Å². The van der Waals surface area contributed by atoms with Crippen molar-refractivity contribution in [3.63, 3.8) is 0 Å². The van der Waals surface area contributed by atoms with Crippen LogP contribution in [0, 0.1) is 12.7 Å². The van der Waals surface area contributed by atoms with Crippen LogP contribution in [-0.2, 0) is 6.42 Å². The summed E-state index contributed by atoms with van der Waals surface area (Å²) in [4.78, 5) is 4.01. The Morgan fingerprint density at radius 2 is 2.27 bits per heavy atom. The van der Waals surface area contributed by atoms with E-state index in [4.69, 9.17) is 5.73 Å². The minimum Gasteiger partial charge on any atom is -0.330 e. The van der Waals surface area contributed by atoms with Crippen LogP contribution in [0.25, 0.3) is 0 Å². The first-order chi connectivity index (χ1) is 5.24. The lowest BCUT2D eigenvalue weighted by Gasteiger charge is -2.00. The number of rotatable bonds is 2. The number of halogens is 1. The van der Waals surface area contributed by atoms with E-state index in [1.54, 1.807) is 6.07 Å². The first kappa shape index (κ1) is 8.14. The second kappa shape index (κ2) is 3.44. The quantitative estimate of drug-likeness (QED) is 0.691. The first-order valence-electron chi connectivity index (χ1n) is 3.56. The number of hydrogen-bond donors (Lipinski definition) is 1. The SMILES string of the molecule is Cc1ccc(F)c(CCN)n1. The number of hydrogen-bond acceptors (Lipinski definition) is 2. The third kappa shape index (κ3) is 1.98. The molecule has 1 heterocycles. The van der Waals surface area contributed by atoms with E-state index in [0.717, 1.165) is 5.69 Å². The van der Waals surface area contributed by atoms with Crippen LogP contribution in [0.3, 0.4) is 0 Å². The summed E-state index contributed by atoms with van der Waals surface area (Å²) in [5.41, 5.74) is 6.57. The predicted molar refractivity (Wildman–Crippen MR) is 41.7 cm³/mol. The highest BCUT2D eigenvalue weighted by atomic mass is 19.1. The topological polar surface area (TPSA) is 38.9 Å². The molecule has 0 saturated heterocycles. The summed E-state index contributed by atoms with van der Waals surface area (Å²) in [5.74, 6) is -0.263. The van der Waals surface area contributed by atoms with Gasteiger partial charge in [-0.05, 0) is 25.6 Å². The van der Waals surface area contributed by atoms with Gasteiger partial charge in [-0.3, -0.25) is 4.98 Å². The molecule has 2 nitrogen and oxygen atoms in total. The van der Waals surface area contributed by atoms with Crippen LogP contribution >= 0.6 is 0 Å². The molecule has 0 radical (unpaired) electrons. The maximum Gasteiger partial charge on any atom is 0.144 e. The van der Waals surface area contributed by atoms with Crippen LogP contribution in [0.2, 0.25) is 0 Å². The van der Waals surface area contributed by atoms with Gasteiger partial charge in [0.15, 0.2) is 0 Å². The van der Waals surface area contributed by atoms with Gasteiger partial charge in [0.2, 0.25) is 0 Å². The number of pyridine rings is 1. The van der Waals surface area contributed by atoms with Crippen molar-refractivity contribution < 1.29 is 4.39 Å². The van der Waals surface area contributed by atoms with Crippen molar-refractivity contribution in [1.29, 1.82) is 0 Å². The summed E-state index contributed by atoms with van der Waals surface area (Å²) in [6, 6.07) is 3.07. The molecular formula is C8H11FN2. The molecule has 11 heavy (non-hydrogen) atoms. The Kier molecular flexibility index (Phi) is 2.54. The predicted octanol–water partition coefficient (Wildman–Crippen LogP) is 1.03. The van der Waals surface area contributed by atoms with Gasteiger partial charge in [-0.15, -0.1) is 0 Å². The highest BCUT2D eigenvalue weighted by Crippen LogP contribution is 2.04. The maximum absolute atomic E-state index is 12.8. The van der Waals surface area contributed by atoms with Gasteiger partial charge in [-0.25, -0.2) is 4.39 Å². The average Bonchev–Trinajstić information content (AvgIpc) is 1.98. The van der Waals surface area contributed by atoms with Crippen LogP contribution in [0.5, 0.6) is 0 Å². The molecule has 1 aromatic rings. The minimum absolute atomic E-state index is 0.263. The number of nitrogens with two attached hydrogens (primary N) is 1. The normalized spacial score (nSPS) is 10.1. The van der Waals surface area contributed by atoms with Crippen molar-refractivity contribution in [3.8, 4) is 0 Å². The molecule has 3 heteroatoms. The van der Waals surface area contributed by atoms with Crippen LogP contribution in [0.15, 0.2) is 12.1 Å². The first-order valence-corrected chi connectivity index (χ1v) is 3.56. The van der Waals surface area contributed by atoms with Crippen molar-refractivity contribution in [2.75, 3.05) is 6.54 Å². The zero-order valence-electron chi connectivity index (χ0n) is 6.47. The molecule has 60 valence electrons. The largest absolute Gasteiger partial charge is 0.330 e. The summed E-state index contributed by atoms with van der Waals surface area (Å²) < 4.78 is 12.8. The van der Waals surface area contributed by atoms with Gasteiger partial charge in [0.05, 0.1) is 5.69 Å². The van der Waals surface area contributed by atoms with Crippen molar-refractivity contribution in [3.05, 3.63) is 29.3 Å². The molecule has 1 rings (SSSR count). The van der Waals surface area contributed by atoms with Crippen molar-refractivity contribution >= 4 is 0 Å². The Hall–Kier alpha value is -0.960. The Morgan fingerprint density at radius 1 is 1.55 bits per heavy atom. The highest BCUT2D eigenvalue weighted by molar-refractivity contribution is 5.12. The standard InChI is InChI=1S/C8H11FN2/c1-6-2-3-7(9)8(11-6)4-5-10/h2-3H,4-5,10H2,1H3. The molecule has 0 aliphatic heterocycles. The summed E-state index contributed by atoms with van der Waals surface area (Å²) in [6.45, 7) is 2.27. The van der Waals surface area contributed by atoms with E-state index in [1.165, 1.54) is 6.07 Å².